The summed E-state index contributed by atoms with van der Waals surface area (Å²) in [5.41, 5.74) is 2.33. The first-order valence-electron chi connectivity index (χ1n) is 11.1. The molecule has 0 spiro atoms. The van der Waals surface area contributed by atoms with Crippen molar-refractivity contribution >= 4 is 18.1 Å². The number of hydrogen-bond donors (Lipinski definition) is 0. The number of allylic oxidation sites excluding steroid dienone is 1. The van der Waals surface area contributed by atoms with E-state index in [1.54, 1.807) is 24.3 Å². The topological polar surface area (TPSA) is 37.4 Å². The summed E-state index contributed by atoms with van der Waals surface area (Å²) in [6.07, 6.45) is 0. The zero-order valence-corrected chi connectivity index (χ0v) is 21.7. The Labute approximate surface area is 187 Å². The SMILES string of the molecule is CC1=C2CN(S(=O)(=O)c3ccc(C)cc3)CC([Si](C(C)C)(C(C)C)C(C)C)=C2C1(F)F. The molecule has 1 aromatic rings. The maximum absolute atomic E-state index is 15.2. The van der Waals surface area contributed by atoms with Crippen LogP contribution in [0.4, 0.5) is 8.78 Å². The van der Waals surface area contributed by atoms with Crippen molar-refractivity contribution in [2.75, 3.05) is 13.1 Å². The van der Waals surface area contributed by atoms with Crippen molar-refractivity contribution in [3.8, 4) is 0 Å². The minimum absolute atomic E-state index is 0.0166. The number of sulfonamides is 1. The second kappa shape index (κ2) is 7.92. The van der Waals surface area contributed by atoms with Gasteiger partial charge < -0.3 is 0 Å². The summed E-state index contributed by atoms with van der Waals surface area (Å²) in [6, 6.07) is 6.77. The Morgan fingerprint density at radius 2 is 1.39 bits per heavy atom. The van der Waals surface area contributed by atoms with Crippen molar-refractivity contribution in [3.05, 3.63) is 51.7 Å². The van der Waals surface area contributed by atoms with Crippen LogP contribution in [0.5, 0.6) is 0 Å². The highest BCUT2D eigenvalue weighted by Crippen LogP contribution is 2.58. The Balaban J connectivity index is 2.23. The lowest BCUT2D eigenvalue weighted by molar-refractivity contribution is 0.0619. The molecule has 0 bridgehead atoms. The maximum atomic E-state index is 15.2. The van der Waals surface area contributed by atoms with Gasteiger partial charge in [-0.1, -0.05) is 64.4 Å². The van der Waals surface area contributed by atoms with E-state index in [-0.39, 0.29) is 45.8 Å². The predicted molar refractivity (Wildman–Crippen MR) is 126 cm³/mol. The molecule has 0 aromatic heterocycles. The molecule has 3 nitrogen and oxygen atoms in total. The molecule has 2 aliphatic rings. The van der Waals surface area contributed by atoms with Crippen LogP contribution in [0.2, 0.25) is 16.6 Å². The molecule has 172 valence electrons. The van der Waals surface area contributed by atoms with E-state index >= 15 is 8.78 Å². The Hall–Kier alpha value is -1.31. The summed E-state index contributed by atoms with van der Waals surface area (Å²) in [6.45, 7) is 16.2. The standard InChI is InChI=1S/C24H35F2NO2SSi/c1-15(2)31(16(3)4,17(5)6)22-14-27(13-21-19(8)24(25,26)23(21)22)30(28,29)20-11-9-18(7)10-12-20/h9-12,15-17H,13-14H2,1-8H3. The third-order valence-electron chi connectivity index (χ3n) is 7.56. The minimum Gasteiger partial charge on any atom is -0.207 e. The number of alkyl halides is 2. The Kier molecular flexibility index (Phi) is 6.22. The van der Waals surface area contributed by atoms with Crippen LogP contribution in [0.15, 0.2) is 51.1 Å². The second-order valence-electron chi connectivity index (χ2n) is 10.0. The molecule has 0 fully saturated rings. The van der Waals surface area contributed by atoms with E-state index in [0.29, 0.717) is 5.57 Å². The average molecular weight is 468 g/mol. The molecule has 0 unspecified atom stereocenters. The van der Waals surface area contributed by atoms with E-state index in [9.17, 15) is 8.42 Å². The fourth-order valence-corrected chi connectivity index (χ4v) is 15.0. The van der Waals surface area contributed by atoms with Gasteiger partial charge in [-0.05, 0) is 48.2 Å². The molecule has 0 radical (unpaired) electrons. The van der Waals surface area contributed by atoms with Gasteiger partial charge in [0, 0.05) is 24.2 Å². The molecular formula is C24H35F2NO2SSi. The Morgan fingerprint density at radius 3 is 1.84 bits per heavy atom. The number of hydrogen-bond acceptors (Lipinski definition) is 2. The number of nitrogens with zero attached hydrogens (tertiary/aromatic N) is 1. The van der Waals surface area contributed by atoms with Gasteiger partial charge in [-0.3, -0.25) is 0 Å². The maximum Gasteiger partial charge on any atom is 0.294 e. The van der Waals surface area contributed by atoms with Gasteiger partial charge in [0.05, 0.1) is 13.0 Å². The smallest absolute Gasteiger partial charge is 0.207 e. The van der Waals surface area contributed by atoms with Gasteiger partial charge in [0.1, 0.15) is 0 Å². The van der Waals surface area contributed by atoms with Crippen LogP contribution in [-0.4, -0.2) is 39.8 Å². The van der Waals surface area contributed by atoms with Crippen LogP contribution in [0.25, 0.3) is 0 Å². The van der Waals surface area contributed by atoms with Crippen LogP contribution in [0.1, 0.15) is 54.0 Å². The van der Waals surface area contributed by atoms with E-state index in [0.717, 1.165) is 10.8 Å². The van der Waals surface area contributed by atoms with Crippen molar-refractivity contribution < 1.29 is 17.2 Å². The first-order chi connectivity index (χ1) is 14.2. The highest BCUT2D eigenvalue weighted by Gasteiger charge is 2.59. The number of halogens is 2. The van der Waals surface area contributed by atoms with E-state index in [1.807, 2.05) is 6.92 Å². The lowest BCUT2D eigenvalue weighted by Gasteiger charge is -2.52. The van der Waals surface area contributed by atoms with E-state index < -0.39 is 24.0 Å². The zero-order valence-electron chi connectivity index (χ0n) is 19.9. The zero-order chi connectivity index (χ0) is 23.5. The lowest BCUT2D eigenvalue weighted by Crippen LogP contribution is -2.57. The van der Waals surface area contributed by atoms with Crippen LogP contribution in [-0.2, 0) is 10.0 Å². The summed E-state index contributed by atoms with van der Waals surface area (Å²) in [4.78, 5) is 0.219. The van der Waals surface area contributed by atoms with E-state index in [4.69, 9.17) is 0 Å². The molecule has 3 rings (SSSR count). The third kappa shape index (κ3) is 3.47. The fraction of sp³-hybridized carbons (Fsp3) is 0.583. The minimum atomic E-state index is -3.79. The predicted octanol–water partition coefficient (Wildman–Crippen LogP) is 6.48. The largest absolute Gasteiger partial charge is 0.294 e. The average Bonchev–Trinajstić information content (AvgIpc) is 2.66. The van der Waals surface area contributed by atoms with Gasteiger partial charge in [0.2, 0.25) is 10.0 Å². The first-order valence-corrected chi connectivity index (χ1v) is 14.8. The Bertz CT molecular complexity index is 1020. The quantitative estimate of drug-likeness (QED) is 0.449. The molecule has 0 N–H and O–H groups in total. The molecule has 1 aliphatic heterocycles. The molecule has 0 saturated carbocycles. The summed E-state index contributed by atoms with van der Waals surface area (Å²) >= 11 is 0. The third-order valence-corrected chi connectivity index (χ3v) is 16.5. The molecule has 0 saturated heterocycles. The molecular weight excluding hydrogens is 432 g/mol. The summed E-state index contributed by atoms with van der Waals surface area (Å²) in [7, 11) is -6.26. The molecule has 1 aromatic carbocycles. The van der Waals surface area contributed by atoms with E-state index in [1.165, 1.54) is 11.2 Å². The van der Waals surface area contributed by atoms with Gasteiger partial charge in [-0.2, -0.15) is 13.1 Å². The summed E-state index contributed by atoms with van der Waals surface area (Å²) in [5, 5.41) is 0.736. The van der Waals surface area contributed by atoms with Crippen molar-refractivity contribution in [2.24, 2.45) is 0 Å². The van der Waals surface area contributed by atoms with Gasteiger partial charge in [0.15, 0.2) is 0 Å². The van der Waals surface area contributed by atoms with Crippen LogP contribution in [0.3, 0.4) is 0 Å². The van der Waals surface area contributed by atoms with Gasteiger partial charge in [-0.15, -0.1) is 0 Å². The number of rotatable bonds is 6. The molecule has 1 heterocycles. The van der Waals surface area contributed by atoms with Gasteiger partial charge >= 0.3 is 0 Å². The first kappa shape index (κ1) is 24.3. The normalized spacial score (nSPS) is 20.0. The molecule has 31 heavy (non-hydrogen) atoms. The lowest BCUT2D eigenvalue weighted by atomic mass is 9.78. The van der Waals surface area contributed by atoms with E-state index in [2.05, 4.69) is 41.5 Å². The van der Waals surface area contributed by atoms with Gasteiger partial charge in [0.25, 0.3) is 5.92 Å². The van der Waals surface area contributed by atoms with Crippen molar-refractivity contribution in [1.29, 1.82) is 0 Å². The van der Waals surface area contributed by atoms with Crippen LogP contribution >= 0.6 is 0 Å². The summed E-state index contributed by atoms with van der Waals surface area (Å²) in [5.74, 6) is -2.96. The van der Waals surface area contributed by atoms with Crippen LogP contribution < -0.4 is 0 Å². The highest BCUT2D eigenvalue weighted by molar-refractivity contribution is 7.89. The number of benzene rings is 1. The van der Waals surface area contributed by atoms with Crippen molar-refractivity contribution in [2.45, 2.75) is 82.8 Å². The number of fused-ring (bicyclic) bond motifs is 1. The molecule has 7 heteroatoms. The van der Waals surface area contributed by atoms with Crippen molar-refractivity contribution in [3.63, 3.8) is 0 Å². The Morgan fingerprint density at radius 1 is 0.903 bits per heavy atom. The monoisotopic (exact) mass is 467 g/mol. The van der Waals surface area contributed by atoms with Crippen molar-refractivity contribution in [1.82, 2.24) is 4.31 Å². The second-order valence-corrected chi connectivity index (χ2v) is 17.9. The fourth-order valence-electron chi connectivity index (χ4n) is 6.18. The molecule has 1 aliphatic carbocycles. The highest BCUT2D eigenvalue weighted by atomic mass is 32.2. The number of aryl methyl sites for hydroxylation is 1. The van der Waals surface area contributed by atoms with Crippen LogP contribution in [0, 0.1) is 6.92 Å². The summed E-state index contributed by atoms with van der Waals surface area (Å²) < 4.78 is 58.8. The molecule has 0 atom stereocenters. The molecule has 0 amide bonds. The van der Waals surface area contributed by atoms with Gasteiger partial charge in [-0.25, -0.2) is 8.42 Å².